The number of thiazole rings is 1. The minimum atomic E-state index is -2.23. The molecular weight excluding hydrogens is 667 g/mol. The fourth-order valence-corrected chi connectivity index (χ4v) is 13.9. The fourth-order valence-electron chi connectivity index (χ4n) is 7.34. The van der Waals surface area contributed by atoms with Crippen molar-refractivity contribution < 1.29 is 28.3 Å². The van der Waals surface area contributed by atoms with Gasteiger partial charge in [0.05, 0.1) is 35.4 Å². The molecule has 1 N–H and O–H groups in total. The largest absolute Gasteiger partial charge is 0.457 e. The lowest BCUT2D eigenvalue weighted by molar-refractivity contribution is -0.153. The van der Waals surface area contributed by atoms with Crippen molar-refractivity contribution >= 4 is 45.8 Å². The van der Waals surface area contributed by atoms with E-state index >= 15 is 0 Å². The van der Waals surface area contributed by atoms with E-state index in [9.17, 15) is 14.7 Å². The van der Waals surface area contributed by atoms with Crippen LogP contribution in [0, 0.1) is 24.2 Å². The van der Waals surface area contributed by atoms with Gasteiger partial charge in [0.25, 0.3) is 0 Å². The summed E-state index contributed by atoms with van der Waals surface area (Å²) in [5.74, 6) is -0.673. The number of esters is 1. The van der Waals surface area contributed by atoms with Crippen LogP contribution in [-0.2, 0) is 23.2 Å². The molecule has 1 aromatic rings. The fraction of sp³-hybridized carbons (Fsp3) is 0.769. The van der Waals surface area contributed by atoms with E-state index in [0.717, 1.165) is 64.5 Å². The third-order valence-electron chi connectivity index (χ3n) is 11.8. The van der Waals surface area contributed by atoms with E-state index < -0.39 is 46.3 Å². The topological polar surface area (TPSA) is 95.0 Å². The predicted molar refractivity (Wildman–Crippen MR) is 210 cm³/mol. The van der Waals surface area contributed by atoms with Gasteiger partial charge in [0.1, 0.15) is 11.9 Å². The zero-order valence-corrected chi connectivity index (χ0v) is 35.9. The Morgan fingerprint density at radius 1 is 0.980 bits per heavy atom. The molecule has 280 valence electrons. The number of aliphatic hydroxyl groups excluding tert-OH is 1. The van der Waals surface area contributed by atoms with Crippen molar-refractivity contribution in [1.82, 2.24) is 4.98 Å². The number of carbonyl (C=O) groups excluding carboxylic acids is 2. The molecule has 49 heavy (non-hydrogen) atoms. The maximum atomic E-state index is 14.9. The van der Waals surface area contributed by atoms with Crippen LogP contribution in [0.25, 0.3) is 6.08 Å². The Bertz CT molecular complexity index is 1250. The van der Waals surface area contributed by atoms with E-state index in [2.05, 4.69) is 53.5 Å². The molecule has 2 heterocycles. The van der Waals surface area contributed by atoms with Crippen molar-refractivity contribution in [3.63, 3.8) is 0 Å². The van der Waals surface area contributed by atoms with Crippen molar-refractivity contribution in [2.45, 2.75) is 176 Å². The zero-order chi connectivity index (χ0) is 37.2. The second-order valence-corrected chi connectivity index (χ2v) is 25.7. The number of hydrogen-bond donors (Lipinski definition) is 1. The summed E-state index contributed by atoms with van der Waals surface area (Å²) in [7, 11) is -4.31. The SMILES string of the molecule is CC[Si](CC)(CC)O[C@H]1[C@@H](C)CC[C@@H](O)/C(C)=C\CC(/C(C)=C/c2csc(C)n2)OC(=O)C[C@H](O[Si](CC)(CC)CC)C(C)(C)C(=O)[C@@H]1C. The monoisotopic (exact) mass is 735 g/mol. The normalized spacial score (nSPS) is 28.2. The highest BCUT2D eigenvalue weighted by atomic mass is 32.1. The van der Waals surface area contributed by atoms with Gasteiger partial charge in [0, 0.05) is 23.1 Å². The number of aliphatic hydroxyl groups is 1. The van der Waals surface area contributed by atoms with Gasteiger partial charge < -0.3 is 18.7 Å². The zero-order valence-electron chi connectivity index (χ0n) is 33.1. The van der Waals surface area contributed by atoms with Crippen molar-refractivity contribution in [1.29, 1.82) is 0 Å². The number of aryl methyl sites for hydroxylation is 1. The van der Waals surface area contributed by atoms with Crippen LogP contribution in [0.3, 0.4) is 0 Å². The number of rotatable bonds is 12. The number of Topliss-reactive ketones (excluding diaryl/α,β-unsaturated/α-hetero) is 1. The molecule has 2 rings (SSSR count). The van der Waals surface area contributed by atoms with Gasteiger partial charge in [-0.05, 0) is 93.0 Å². The smallest absolute Gasteiger partial charge is 0.309 e. The molecule has 0 radical (unpaired) electrons. The molecule has 6 atom stereocenters. The molecule has 1 unspecified atom stereocenters. The van der Waals surface area contributed by atoms with Crippen LogP contribution in [0.4, 0.5) is 0 Å². The van der Waals surface area contributed by atoms with E-state index in [1.807, 2.05) is 59.1 Å². The van der Waals surface area contributed by atoms with Gasteiger partial charge in [-0.15, -0.1) is 11.3 Å². The van der Waals surface area contributed by atoms with Gasteiger partial charge in [0.15, 0.2) is 16.6 Å². The first kappa shape index (κ1) is 43.7. The van der Waals surface area contributed by atoms with Gasteiger partial charge in [-0.1, -0.05) is 75.3 Å². The quantitative estimate of drug-likeness (QED) is 0.130. The van der Waals surface area contributed by atoms with Crippen molar-refractivity contribution in [3.05, 3.63) is 33.3 Å². The Morgan fingerprint density at radius 2 is 1.53 bits per heavy atom. The molecule has 0 saturated heterocycles. The Hall–Kier alpha value is -1.44. The maximum absolute atomic E-state index is 14.9. The summed E-state index contributed by atoms with van der Waals surface area (Å²) in [4.78, 5) is 33.5. The molecule has 0 spiro atoms. The van der Waals surface area contributed by atoms with Gasteiger partial charge in [0.2, 0.25) is 0 Å². The van der Waals surface area contributed by atoms with Crippen LogP contribution in [0.1, 0.15) is 119 Å². The van der Waals surface area contributed by atoms with Gasteiger partial charge in [-0.3, -0.25) is 9.59 Å². The van der Waals surface area contributed by atoms with Crippen LogP contribution in [0.15, 0.2) is 22.6 Å². The third-order valence-corrected chi connectivity index (χ3v) is 21.9. The van der Waals surface area contributed by atoms with E-state index in [1.165, 1.54) is 0 Å². The summed E-state index contributed by atoms with van der Waals surface area (Å²) in [6.45, 7) is 27.2. The third kappa shape index (κ3) is 11.5. The molecule has 0 bridgehead atoms. The molecule has 0 saturated carbocycles. The maximum Gasteiger partial charge on any atom is 0.309 e. The highest BCUT2D eigenvalue weighted by Gasteiger charge is 2.48. The molecule has 1 aliphatic rings. The van der Waals surface area contributed by atoms with Gasteiger partial charge >= 0.3 is 5.97 Å². The van der Waals surface area contributed by atoms with Crippen molar-refractivity contribution in [2.75, 3.05) is 0 Å². The van der Waals surface area contributed by atoms with E-state index in [4.69, 9.17) is 13.6 Å². The number of cyclic esters (lactones) is 1. The number of nitrogens with zero attached hydrogens (tertiary/aromatic N) is 1. The number of hydrogen-bond acceptors (Lipinski definition) is 8. The summed E-state index contributed by atoms with van der Waals surface area (Å²) in [6, 6.07) is 5.71. The molecule has 7 nitrogen and oxygen atoms in total. The van der Waals surface area contributed by atoms with Gasteiger partial charge in [-0.2, -0.15) is 0 Å². The highest BCUT2D eigenvalue weighted by molar-refractivity contribution is 7.09. The first-order valence-corrected chi connectivity index (χ1v) is 25.0. The summed E-state index contributed by atoms with van der Waals surface area (Å²) >= 11 is 1.58. The van der Waals surface area contributed by atoms with Crippen LogP contribution in [0.5, 0.6) is 0 Å². The van der Waals surface area contributed by atoms with Crippen molar-refractivity contribution in [3.8, 4) is 0 Å². The average Bonchev–Trinajstić information content (AvgIpc) is 3.50. The summed E-state index contributed by atoms with van der Waals surface area (Å²) in [5, 5.41) is 14.2. The number of ketones is 1. The minimum absolute atomic E-state index is 0.0102. The van der Waals surface area contributed by atoms with E-state index in [0.29, 0.717) is 12.8 Å². The summed E-state index contributed by atoms with van der Waals surface area (Å²) in [5.41, 5.74) is 1.61. The lowest BCUT2D eigenvalue weighted by Gasteiger charge is -2.44. The predicted octanol–water partition coefficient (Wildman–Crippen LogP) is 10.3. The lowest BCUT2D eigenvalue weighted by Crippen LogP contribution is -2.53. The van der Waals surface area contributed by atoms with Crippen LogP contribution in [-0.4, -0.2) is 62.9 Å². The second-order valence-electron chi connectivity index (χ2n) is 15.2. The number of aromatic nitrogens is 1. The van der Waals surface area contributed by atoms with E-state index in [-0.39, 0.29) is 30.2 Å². The first-order chi connectivity index (χ1) is 23.0. The molecule has 10 heteroatoms. The molecule has 1 aliphatic heterocycles. The standard InChI is InChI=1S/C39H69NO6SSi2/c1-14-48(15-2,16-3)45-35-25-36(42)44-34(29(9)24-32-26-47-31(11)40-32)23-21-27(7)33(41)22-20-28(8)37(30(10)38(43)39(35,12)13)46-49(17-4,18-5)19-6/h21,24,26,28,30,33-35,37,41H,14-20,22-23,25H2,1-13H3/b27-21-,29-24+/t28-,30+,33+,34?,35-,37-/m0/s1. The molecule has 0 aliphatic carbocycles. The van der Waals surface area contributed by atoms with E-state index in [1.54, 1.807) is 11.3 Å². The number of ether oxygens (including phenoxy) is 1. The molecule has 0 amide bonds. The minimum Gasteiger partial charge on any atom is -0.457 e. The van der Waals surface area contributed by atoms with Crippen molar-refractivity contribution in [2.24, 2.45) is 17.3 Å². The average molecular weight is 736 g/mol. The lowest BCUT2D eigenvalue weighted by atomic mass is 9.73. The van der Waals surface area contributed by atoms with Crippen LogP contribution < -0.4 is 0 Å². The molecule has 0 fully saturated rings. The second kappa shape index (κ2) is 19.4. The number of carbonyl (C=O) groups is 2. The Morgan fingerprint density at radius 3 is 2.04 bits per heavy atom. The first-order valence-electron chi connectivity index (χ1n) is 19.0. The molecule has 1 aromatic heterocycles. The molecule has 0 aromatic carbocycles. The Kier molecular flexibility index (Phi) is 17.3. The summed E-state index contributed by atoms with van der Waals surface area (Å²) < 4.78 is 20.6. The highest BCUT2D eigenvalue weighted by Crippen LogP contribution is 2.40. The summed E-state index contributed by atoms with van der Waals surface area (Å²) in [6.07, 6.45) is 3.60. The van der Waals surface area contributed by atoms with Gasteiger partial charge in [-0.25, -0.2) is 4.98 Å². The van der Waals surface area contributed by atoms with Crippen LogP contribution in [0.2, 0.25) is 36.3 Å². The Labute approximate surface area is 305 Å². The molecular formula is C39H69NO6SSi2. The van der Waals surface area contributed by atoms with Crippen LogP contribution >= 0.6 is 11.3 Å². The Balaban J connectivity index is 2.70.